The van der Waals surface area contributed by atoms with Gasteiger partial charge in [0.2, 0.25) is 5.91 Å². The number of methoxy groups -OCH3 is 2. The van der Waals surface area contributed by atoms with Crippen molar-refractivity contribution in [2.24, 2.45) is 7.05 Å². The van der Waals surface area contributed by atoms with Crippen LogP contribution in [0.3, 0.4) is 0 Å². The molecule has 3 aromatic rings. The fourth-order valence-corrected chi connectivity index (χ4v) is 3.39. The van der Waals surface area contributed by atoms with Gasteiger partial charge < -0.3 is 14.8 Å². The average molecular weight is 382 g/mol. The summed E-state index contributed by atoms with van der Waals surface area (Å²) < 4.78 is 14.2. The first kappa shape index (κ1) is 18.0. The molecule has 1 N–H and O–H groups in total. The van der Waals surface area contributed by atoms with Gasteiger partial charge in [0, 0.05) is 26.0 Å². The van der Waals surface area contributed by atoms with Crippen molar-refractivity contribution in [2.45, 2.75) is 25.3 Å². The topological polar surface area (TPSA) is 96.1 Å². The van der Waals surface area contributed by atoms with Gasteiger partial charge in [-0.05, 0) is 24.1 Å². The molecule has 0 radical (unpaired) electrons. The van der Waals surface area contributed by atoms with Gasteiger partial charge in [0.1, 0.15) is 0 Å². The van der Waals surface area contributed by atoms with Crippen LogP contribution in [0.2, 0.25) is 0 Å². The Kier molecular flexibility index (Phi) is 4.72. The van der Waals surface area contributed by atoms with Crippen LogP contribution in [-0.2, 0) is 18.3 Å². The number of aryl methyl sites for hydroxylation is 1. The molecule has 1 unspecified atom stereocenters. The third-order valence-corrected chi connectivity index (χ3v) is 4.81. The number of aromatic nitrogens is 5. The molecular formula is C19H22N6O3. The Balaban J connectivity index is 1.69. The van der Waals surface area contributed by atoms with Crippen molar-refractivity contribution in [1.82, 2.24) is 29.9 Å². The zero-order chi connectivity index (χ0) is 19.7. The van der Waals surface area contributed by atoms with Crippen LogP contribution in [0.1, 0.15) is 36.1 Å². The number of hydrogen-bond donors (Lipinski definition) is 1. The van der Waals surface area contributed by atoms with Gasteiger partial charge in [-0.1, -0.05) is 6.07 Å². The predicted molar refractivity (Wildman–Crippen MR) is 101 cm³/mol. The maximum Gasteiger partial charge on any atom is 0.220 e. The number of hydrogen-bond acceptors (Lipinski definition) is 6. The summed E-state index contributed by atoms with van der Waals surface area (Å²) in [7, 11) is 5.07. The molecule has 0 aliphatic carbocycles. The molecule has 146 valence electrons. The second-order valence-electron chi connectivity index (χ2n) is 6.64. The fourth-order valence-electron chi connectivity index (χ4n) is 3.39. The number of nitrogens with zero attached hydrogens (tertiary/aromatic N) is 5. The minimum Gasteiger partial charge on any atom is -0.493 e. The zero-order valence-electron chi connectivity index (χ0n) is 16.0. The summed E-state index contributed by atoms with van der Waals surface area (Å²) in [6.45, 7) is 0. The van der Waals surface area contributed by atoms with Crippen LogP contribution < -0.4 is 14.8 Å². The Morgan fingerprint density at radius 2 is 2.04 bits per heavy atom. The van der Waals surface area contributed by atoms with Crippen LogP contribution >= 0.6 is 0 Å². The van der Waals surface area contributed by atoms with Gasteiger partial charge in [-0.15, -0.1) is 5.10 Å². The Morgan fingerprint density at radius 3 is 2.68 bits per heavy atom. The number of carbonyl (C=O) groups is 1. The van der Waals surface area contributed by atoms with Crippen molar-refractivity contribution >= 4 is 5.91 Å². The number of nitrogens with one attached hydrogen (secondary N) is 1. The Bertz CT molecular complexity index is 1010. The lowest BCUT2D eigenvalue weighted by molar-refractivity contribution is -0.119. The third kappa shape index (κ3) is 3.30. The van der Waals surface area contributed by atoms with E-state index in [-0.39, 0.29) is 11.9 Å². The number of ether oxygens (including phenoxy) is 2. The molecule has 28 heavy (non-hydrogen) atoms. The van der Waals surface area contributed by atoms with Gasteiger partial charge in [-0.3, -0.25) is 9.48 Å². The van der Waals surface area contributed by atoms with Crippen LogP contribution in [0.4, 0.5) is 0 Å². The normalized spacial score (nSPS) is 16.2. The molecule has 1 aromatic carbocycles. The lowest BCUT2D eigenvalue weighted by Crippen LogP contribution is -2.22. The molecule has 9 nitrogen and oxygen atoms in total. The van der Waals surface area contributed by atoms with Gasteiger partial charge >= 0.3 is 0 Å². The van der Waals surface area contributed by atoms with Crippen LogP contribution in [0, 0.1) is 0 Å². The molecule has 0 saturated carbocycles. The van der Waals surface area contributed by atoms with E-state index in [1.54, 1.807) is 29.8 Å². The molecule has 9 heteroatoms. The molecule has 2 aromatic heterocycles. The van der Waals surface area contributed by atoms with E-state index >= 15 is 0 Å². The lowest BCUT2D eigenvalue weighted by atomic mass is 10.1. The minimum absolute atomic E-state index is 0.0333. The van der Waals surface area contributed by atoms with E-state index in [2.05, 4.69) is 10.4 Å². The van der Waals surface area contributed by atoms with E-state index in [0.717, 1.165) is 11.4 Å². The zero-order valence-corrected chi connectivity index (χ0v) is 16.0. The van der Waals surface area contributed by atoms with E-state index in [4.69, 9.17) is 19.6 Å². The first-order valence-corrected chi connectivity index (χ1v) is 9.03. The lowest BCUT2D eigenvalue weighted by Gasteiger charge is -2.11. The van der Waals surface area contributed by atoms with E-state index < -0.39 is 0 Å². The van der Waals surface area contributed by atoms with Crippen molar-refractivity contribution in [3.05, 3.63) is 47.7 Å². The molecule has 1 fully saturated rings. The van der Waals surface area contributed by atoms with E-state index in [9.17, 15) is 4.79 Å². The van der Waals surface area contributed by atoms with Crippen LogP contribution in [0.5, 0.6) is 11.5 Å². The summed E-state index contributed by atoms with van der Waals surface area (Å²) in [5.41, 5.74) is 1.00. The van der Waals surface area contributed by atoms with Crippen LogP contribution in [0.15, 0.2) is 30.5 Å². The van der Waals surface area contributed by atoms with Gasteiger partial charge in [0.15, 0.2) is 29.0 Å². The maximum atomic E-state index is 11.7. The summed E-state index contributed by atoms with van der Waals surface area (Å²) in [6.07, 6.45) is 3.43. The largest absolute Gasteiger partial charge is 0.493 e. The van der Waals surface area contributed by atoms with E-state index in [1.165, 1.54) is 0 Å². The Hall–Kier alpha value is -3.36. The van der Waals surface area contributed by atoms with Crippen molar-refractivity contribution < 1.29 is 14.3 Å². The molecule has 1 atom stereocenters. The van der Waals surface area contributed by atoms with Crippen LogP contribution in [-0.4, -0.2) is 44.7 Å². The first-order chi connectivity index (χ1) is 13.6. The van der Waals surface area contributed by atoms with Gasteiger partial charge in [-0.2, -0.15) is 9.78 Å². The van der Waals surface area contributed by atoms with Gasteiger partial charge in [-0.25, -0.2) is 4.98 Å². The van der Waals surface area contributed by atoms with Crippen molar-refractivity contribution in [1.29, 1.82) is 0 Å². The highest BCUT2D eigenvalue weighted by molar-refractivity contribution is 5.78. The summed E-state index contributed by atoms with van der Waals surface area (Å²) in [5, 5.41) is 11.9. The SMILES string of the molecule is COc1ccc(Cc2nc(C3CCC(=O)N3)n(-c3ccnn3C)n2)cc1OC. The summed E-state index contributed by atoms with van der Waals surface area (Å²) in [4.78, 5) is 16.4. The predicted octanol–water partition coefficient (Wildman–Crippen LogP) is 1.56. The highest BCUT2D eigenvalue weighted by Crippen LogP contribution is 2.29. The molecule has 1 aliphatic rings. The average Bonchev–Trinajstić information content (AvgIpc) is 3.41. The molecule has 1 aliphatic heterocycles. The van der Waals surface area contributed by atoms with E-state index in [0.29, 0.717) is 42.4 Å². The monoisotopic (exact) mass is 382 g/mol. The number of carbonyl (C=O) groups excluding carboxylic acids is 1. The maximum absolute atomic E-state index is 11.7. The summed E-state index contributed by atoms with van der Waals surface area (Å²) in [5.74, 6) is 3.53. The van der Waals surface area contributed by atoms with Gasteiger partial charge in [0.25, 0.3) is 0 Å². The van der Waals surface area contributed by atoms with Crippen molar-refractivity contribution in [3.8, 4) is 17.3 Å². The molecule has 1 amide bonds. The second-order valence-corrected chi connectivity index (χ2v) is 6.64. The quantitative estimate of drug-likeness (QED) is 0.695. The Labute approximate surface area is 162 Å². The number of rotatable bonds is 6. The molecular weight excluding hydrogens is 360 g/mol. The highest BCUT2D eigenvalue weighted by atomic mass is 16.5. The smallest absolute Gasteiger partial charge is 0.220 e. The summed E-state index contributed by atoms with van der Waals surface area (Å²) in [6, 6.07) is 7.46. The number of benzene rings is 1. The standard InChI is InChI=1S/C19H22N6O3/c1-24-18(8-9-20-24)25-19(13-5-7-17(26)21-13)22-16(23-25)11-12-4-6-14(27-2)15(10-12)28-3/h4,6,8-10,13H,5,7,11H2,1-3H3,(H,21,26). The third-order valence-electron chi connectivity index (χ3n) is 4.81. The Morgan fingerprint density at radius 1 is 1.21 bits per heavy atom. The van der Waals surface area contributed by atoms with E-state index in [1.807, 2.05) is 31.3 Å². The molecule has 4 rings (SSSR count). The first-order valence-electron chi connectivity index (χ1n) is 9.03. The van der Waals surface area contributed by atoms with Crippen molar-refractivity contribution in [3.63, 3.8) is 0 Å². The molecule has 1 saturated heterocycles. The minimum atomic E-state index is -0.158. The van der Waals surface area contributed by atoms with Gasteiger partial charge in [0.05, 0.1) is 26.5 Å². The summed E-state index contributed by atoms with van der Waals surface area (Å²) >= 11 is 0. The fraction of sp³-hybridized carbons (Fsp3) is 0.368. The molecule has 0 spiro atoms. The molecule has 0 bridgehead atoms. The van der Waals surface area contributed by atoms with Crippen molar-refractivity contribution in [2.75, 3.05) is 14.2 Å². The molecule has 3 heterocycles. The highest BCUT2D eigenvalue weighted by Gasteiger charge is 2.29. The second kappa shape index (κ2) is 7.34. The number of amides is 1. The van der Waals surface area contributed by atoms with Crippen LogP contribution in [0.25, 0.3) is 5.82 Å².